The smallest absolute Gasteiger partial charge is 0.324 e. The molecule has 3 rings (SSSR count). The molecule has 2 aromatic carbocycles. The Labute approximate surface area is 166 Å². The second kappa shape index (κ2) is 8.38. The van der Waals surface area contributed by atoms with Gasteiger partial charge in [0.05, 0.1) is 0 Å². The van der Waals surface area contributed by atoms with Gasteiger partial charge in [-0.15, -0.1) is 0 Å². The normalized spacial score (nSPS) is 18.7. The van der Waals surface area contributed by atoms with Gasteiger partial charge in [-0.05, 0) is 24.1 Å². The summed E-state index contributed by atoms with van der Waals surface area (Å²) in [6.45, 7) is 1.41. The van der Waals surface area contributed by atoms with Crippen LogP contribution in [-0.2, 0) is 15.1 Å². The molecule has 1 heterocycles. The first-order chi connectivity index (χ1) is 13.9. The number of imide groups is 1. The molecule has 6 nitrogen and oxygen atoms in total. The SMILES string of the molecule is CCCCC1(c2ccccc2)NC(=O)N(CC(=O)Nc2cc(F)cc(F)c2)C1=O. The molecule has 1 fully saturated rings. The number of rotatable bonds is 7. The lowest BCUT2D eigenvalue weighted by atomic mass is 9.85. The van der Waals surface area contributed by atoms with Crippen LogP contribution in [0.5, 0.6) is 0 Å². The lowest BCUT2D eigenvalue weighted by molar-refractivity contribution is -0.134. The Kier molecular flexibility index (Phi) is 5.91. The van der Waals surface area contributed by atoms with Gasteiger partial charge < -0.3 is 10.6 Å². The lowest BCUT2D eigenvalue weighted by Crippen LogP contribution is -2.44. The number of amides is 4. The first-order valence-electron chi connectivity index (χ1n) is 9.31. The lowest BCUT2D eigenvalue weighted by Gasteiger charge is -2.27. The van der Waals surface area contributed by atoms with Crippen LogP contribution in [0.15, 0.2) is 48.5 Å². The van der Waals surface area contributed by atoms with E-state index in [2.05, 4.69) is 10.6 Å². The summed E-state index contributed by atoms with van der Waals surface area (Å²) in [5.41, 5.74) is -0.693. The zero-order chi connectivity index (χ0) is 21.0. The van der Waals surface area contributed by atoms with Crippen LogP contribution >= 0.6 is 0 Å². The Morgan fingerprint density at radius 2 is 1.76 bits per heavy atom. The van der Waals surface area contributed by atoms with E-state index in [9.17, 15) is 23.2 Å². The highest BCUT2D eigenvalue weighted by atomic mass is 19.1. The Morgan fingerprint density at radius 3 is 2.38 bits per heavy atom. The molecule has 0 spiro atoms. The summed E-state index contributed by atoms with van der Waals surface area (Å²) in [6, 6.07) is 10.8. The van der Waals surface area contributed by atoms with E-state index >= 15 is 0 Å². The minimum absolute atomic E-state index is 0.0974. The van der Waals surface area contributed by atoms with Gasteiger partial charge >= 0.3 is 6.03 Å². The quantitative estimate of drug-likeness (QED) is 0.697. The molecule has 2 N–H and O–H groups in total. The summed E-state index contributed by atoms with van der Waals surface area (Å²) in [7, 11) is 0. The third-order valence-electron chi connectivity index (χ3n) is 4.80. The molecule has 0 aromatic heterocycles. The van der Waals surface area contributed by atoms with Crippen molar-refractivity contribution in [3.05, 3.63) is 65.7 Å². The largest absolute Gasteiger partial charge is 0.325 e. The van der Waals surface area contributed by atoms with Crippen molar-refractivity contribution in [3.63, 3.8) is 0 Å². The minimum Gasteiger partial charge on any atom is -0.324 e. The van der Waals surface area contributed by atoms with Crippen molar-refractivity contribution in [1.29, 1.82) is 0 Å². The third-order valence-corrected chi connectivity index (χ3v) is 4.80. The van der Waals surface area contributed by atoms with Crippen LogP contribution in [0.4, 0.5) is 19.3 Å². The van der Waals surface area contributed by atoms with Crippen LogP contribution in [-0.4, -0.2) is 29.3 Å². The van der Waals surface area contributed by atoms with E-state index in [1.54, 1.807) is 24.3 Å². The van der Waals surface area contributed by atoms with Crippen LogP contribution in [0.3, 0.4) is 0 Å². The van der Waals surface area contributed by atoms with Gasteiger partial charge in [-0.1, -0.05) is 50.1 Å². The Hall–Kier alpha value is -3.29. The van der Waals surface area contributed by atoms with Gasteiger partial charge in [-0.25, -0.2) is 13.6 Å². The third kappa shape index (κ3) is 4.26. The Balaban J connectivity index is 1.80. The molecule has 1 saturated heterocycles. The number of carbonyl (C=O) groups is 3. The number of halogens is 2. The zero-order valence-electron chi connectivity index (χ0n) is 15.9. The molecule has 0 saturated carbocycles. The number of carbonyl (C=O) groups excluding carboxylic acids is 3. The van der Waals surface area contributed by atoms with E-state index in [-0.39, 0.29) is 5.69 Å². The summed E-state index contributed by atoms with van der Waals surface area (Å²) in [5.74, 6) is -2.96. The van der Waals surface area contributed by atoms with Crippen molar-refractivity contribution >= 4 is 23.5 Å². The monoisotopic (exact) mass is 401 g/mol. The highest BCUT2D eigenvalue weighted by Gasteiger charge is 2.52. The molecular formula is C21H21F2N3O3. The minimum atomic E-state index is -1.24. The molecule has 0 aliphatic carbocycles. The number of nitrogens with one attached hydrogen (secondary N) is 2. The van der Waals surface area contributed by atoms with Gasteiger partial charge in [0, 0.05) is 11.8 Å². The van der Waals surface area contributed by atoms with Crippen molar-refractivity contribution in [2.75, 3.05) is 11.9 Å². The number of urea groups is 1. The predicted octanol–water partition coefficient (Wildman–Crippen LogP) is 3.54. The van der Waals surface area contributed by atoms with E-state index in [1.165, 1.54) is 0 Å². The number of hydrogen-bond acceptors (Lipinski definition) is 3. The van der Waals surface area contributed by atoms with Gasteiger partial charge in [0.25, 0.3) is 5.91 Å². The van der Waals surface area contributed by atoms with Gasteiger partial charge in [0.2, 0.25) is 5.91 Å². The number of unbranched alkanes of at least 4 members (excludes halogenated alkanes) is 1. The van der Waals surface area contributed by atoms with Crippen LogP contribution in [0.1, 0.15) is 31.7 Å². The number of nitrogens with zero attached hydrogens (tertiary/aromatic N) is 1. The van der Waals surface area contributed by atoms with Gasteiger partial charge in [0.15, 0.2) is 0 Å². The predicted molar refractivity (Wildman–Crippen MR) is 103 cm³/mol. The summed E-state index contributed by atoms with van der Waals surface area (Å²) < 4.78 is 26.6. The number of hydrogen-bond donors (Lipinski definition) is 2. The molecule has 1 aliphatic heterocycles. The van der Waals surface area contributed by atoms with Crippen LogP contribution in [0.2, 0.25) is 0 Å². The fraction of sp³-hybridized carbons (Fsp3) is 0.286. The van der Waals surface area contributed by atoms with Crippen LogP contribution in [0, 0.1) is 11.6 Å². The number of anilines is 1. The van der Waals surface area contributed by atoms with Gasteiger partial charge in [0.1, 0.15) is 23.7 Å². The fourth-order valence-corrected chi connectivity index (χ4v) is 3.41. The second-order valence-electron chi connectivity index (χ2n) is 6.90. The number of benzene rings is 2. The molecule has 0 bridgehead atoms. The first kappa shape index (κ1) is 20.4. The molecule has 1 unspecified atom stereocenters. The standard InChI is InChI=1S/C21H21F2N3O3/c1-2-3-9-21(14-7-5-4-6-8-14)19(28)26(20(29)25-21)13-18(27)24-17-11-15(22)10-16(23)12-17/h4-8,10-12H,2-3,9,13H2,1H3,(H,24,27)(H,25,29). The molecule has 1 aliphatic rings. The average molecular weight is 401 g/mol. The highest BCUT2D eigenvalue weighted by molar-refractivity contribution is 6.10. The first-order valence-corrected chi connectivity index (χ1v) is 9.31. The molecular weight excluding hydrogens is 380 g/mol. The van der Waals surface area contributed by atoms with Crippen LogP contribution < -0.4 is 10.6 Å². The highest BCUT2D eigenvalue weighted by Crippen LogP contribution is 2.34. The van der Waals surface area contributed by atoms with Gasteiger partial charge in [-0.3, -0.25) is 14.5 Å². The Morgan fingerprint density at radius 1 is 1.10 bits per heavy atom. The summed E-state index contributed by atoms with van der Waals surface area (Å²) >= 11 is 0. The van der Waals surface area contributed by atoms with E-state index < -0.39 is 41.6 Å². The summed E-state index contributed by atoms with van der Waals surface area (Å²) in [6.07, 6.45) is 1.91. The second-order valence-corrected chi connectivity index (χ2v) is 6.90. The summed E-state index contributed by atoms with van der Waals surface area (Å²) in [4.78, 5) is 38.9. The average Bonchev–Trinajstić information content (AvgIpc) is 2.91. The summed E-state index contributed by atoms with van der Waals surface area (Å²) in [5, 5.41) is 5.05. The van der Waals surface area contributed by atoms with E-state index in [1.807, 2.05) is 13.0 Å². The maximum absolute atomic E-state index is 13.3. The van der Waals surface area contributed by atoms with Crippen molar-refractivity contribution in [3.8, 4) is 0 Å². The molecule has 152 valence electrons. The van der Waals surface area contributed by atoms with Crippen LogP contribution in [0.25, 0.3) is 0 Å². The van der Waals surface area contributed by atoms with Gasteiger partial charge in [-0.2, -0.15) is 0 Å². The Bertz CT molecular complexity index is 916. The molecule has 1 atom stereocenters. The molecule has 29 heavy (non-hydrogen) atoms. The van der Waals surface area contributed by atoms with Crippen molar-refractivity contribution in [2.45, 2.75) is 31.7 Å². The van der Waals surface area contributed by atoms with E-state index in [0.717, 1.165) is 23.5 Å². The molecule has 4 amide bonds. The fourth-order valence-electron chi connectivity index (χ4n) is 3.41. The van der Waals surface area contributed by atoms with E-state index in [0.29, 0.717) is 24.5 Å². The maximum atomic E-state index is 13.3. The van der Waals surface area contributed by atoms with Crippen molar-refractivity contribution in [2.24, 2.45) is 0 Å². The molecule has 2 aromatic rings. The maximum Gasteiger partial charge on any atom is 0.325 e. The molecule has 0 radical (unpaired) electrons. The zero-order valence-corrected chi connectivity index (χ0v) is 15.9. The molecule has 8 heteroatoms. The van der Waals surface area contributed by atoms with E-state index in [4.69, 9.17) is 0 Å². The van der Waals surface area contributed by atoms with Crippen molar-refractivity contribution < 1.29 is 23.2 Å². The topological polar surface area (TPSA) is 78.5 Å². The van der Waals surface area contributed by atoms with Crippen molar-refractivity contribution in [1.82, 2.24) is 10.2 Å².